The molecule has 27 heavy (non-hydrogen) atoms. The van der Waals surface area contributed by atoms with Crippen LogP contribution in [0.25, 0.3) is 0 Å². The van der Waals surface area contributed by atoms with Gasteiger partial charge in [-0.05, 0) is 41.9 Å². The van der Waals surface area contributed by atoms with E-state index < -0.39 is 42.9 Å². The molecule has 0 aromatic carbocycles. The van der Waals surface area contributed by atoms with Crippen LogP contribution in [0.15, 0.2) is 27.8 Å². The quantitative estimate of drug-likeness (QED) is 0.188. The van der Waals surface area contributed by atoms with Crippen molar-refractivity contribution in [1.82, 2.24) is 4.90 Å². The standard InChI is InChI=1S/C15H13BrCl4N2O4S/c1-13(2)8(10(23)26-6-14(18,19)20)22-11(24)15(16,12(22)27-13)21-9(17)7-4-3-5-25-7/h3-5,8,12H,6H2,1-2H3/t8-,12+,15+/m0/s1. The predicted molar refractivity (Wildman–Crippen MR) is 110 cm³/mol. The summed E-state index contributed by atoms with van der Waals surface area (Å²) in [4.78, 5) is 31.1. The monoisotopic (exact) mass is 536 g/mol. The first-order chi connectivity index (χ1) is 12.4. The molecule has 0 radical (unpaired) electrons. The van der Waals surface area contributed by atoms with Crippen LogP contribution in [0, 0.1) is 0 Å². The van der Waals surface area contributed by atoms with Gasteiger partial charge in [0, 0.05) is 4.75 Å². The topological polar surface area (TPSA) is 72.1 Å². The fourth-order valence-electron chi connectivity index (χ4n) is 2.91. The Labute approximate surface area is 188 Å². The molecule has 1 aromatic rings. The fraction of sp³-hybridized carbons (Fsp3) is 0.533. The van der Waals surface area contributed by atoms with Gasteiger partial charge in [-0.1, -0.05) is 46.4 Å². The van der Waals surface area contributed by atoms with Crippen molar-refractivity contribution in [3.63, 3.8) is 0 Å². The number of halogens is 5. The number of β-lactam (4-membered cyclic amide) rings is 1. The van der Waals surface area contributed by atoms with Crippen molar-refractivity contribution in [2.45, 2.75) is 38.3 Å². The van der Waals surface area contributed by atoms with Crippen molar-refractivity contribution in [3.05, 3.63) is 24.2 Å². The number of alkyl halides is 4. The molecular formula is C15H13BrCl4N2O4S. The number of ether oxygens (including phenoxy) is 1. The van der Waals surface area contributed by atoms with Crippen molar-refractivity contribution in [2.75, 3.05) is 6.61 Å². The average molecular weight is 539 g/mol. The maximum atomic E-state index is 12.9. The van der Waals surface area contributed by atoms with Gasteiger partial charge in [-0.25, -0.2) is 9.79 Å². The average Bonchev–Trinajstić information content (AvgIpc) is 3.16. The second-order valence-electron chi connectivity index (χ2n) is 6.46. The van der Waals surface area contributed by atoms with E-state index in [2.05, 4.69) is 20.9 Å². The molecule has 148 valence electrons. The van der Waals surface area contributed by atoms with E-state index in [0.717, 1.165) is 0 Å². The first-order valence-electron chi connectivity index (χ1n) is 7.59. The van der Waals surface area contributed by atoms with Crippen molar-refractivity contribution in [2.24, 2.45) is 4.99 Å². The summed E-state index contributed by atoms with van der Waals surface area (Å²) in [5.74, 6) is -0.723. The summed E-state index contributed by atoms with van der Waals surface area (Å²) >= 11 is 27.9. The Morgan fingerprint density at radius 1 is 1.48 bits per heavy atom. The van der Waals surface area contributed by atoms with E-state index in [1.54, 1.807) is 12.1 Å². The van der Waals surface area contributed by atoms with Crippen LogP contribution in [-0.4, -0.2) is 53.0 Å². The number of hydrogen-bond acceptors (Lipinski definition) is 6. The fourth-order valence-corrected chi connectivity index (χ4v) is 5.86. The molecule has 0 aliphatic carbocycles. The number of thioether (sulfide) groups is 1. The van der Waals surface area contributed by atoms with Gasteiger partial charge in [-0.2, -0.15) is 0 Å². The molecule has 0 N–H and O–H groups in total. The molecule has 6 nitrogen and oxygen atoms in total. The molecule has 2 aliphatic heterocycles. The number of amides is 1. The third-order valence-electron chi connectivity index (χ3n) is 4.05. The van der Waals surface area contributed by atoms with Crippen LogP contribution in [-0.2, 0) is 14.3 Å². The highest BCUT2D eigenvalue weighted by Gasteiger charge is 2.71. The van der Waals surface area contributed by atoms with Gasteiger partial charge >= 0.3 is 5.97 Å². The van der Waals surface area contributed by atoms with Crippen LogP contribution in [0.5, 0.6) is 0 Å². The van der Waals surface area contributed by atoms with E-state index in [4.69, 9.17) is 55.6 Å². The van der Waals surface area contributed by atoms with Crippen molar-refractivity contribution in [1.29, 1.82) is 0 Å². The van der Waals surface area contributed by atoms with Crippen LogP contribution < -0.4 is 0 Å². The molecule has 0 saturated carbocycles. The number of hydrogen-bond donors (Lipinski definition) is 0. The molecule has 1 aromatic heterocycles. The lowest BCUT2D eigenvalue weighted by molar-refractivity contribution is -0.163. The van der Waals surface area contributed by atoms with E-state index in [-0.39, 0.29) is 5.17 Å². The molecule has 0 unspecified atom stereocenters. The highest BCUT2D eigenvalue weighted by atomic mass is 79.9. The molecule has 2 aliphatic rings. The SMILES string of the molecule is CC1(C)S[C@H]2N(C(=O)[C@@]2(Br)N=C(Cl)c2ccco2)[C@H]1C(=O)OCC(Cl)(Cl)Cl. The minimum atomic E-state index is -1.73. The summed E-state index contributed by atoms with van der Waals surface area (Å²) in [7, 11) is 0. The Hall–Kier alpha value is -0.120. The minimum Gasteiger partial charge on any atom is -0.462 e. The number of carbonyl (C=O) groups excluding carboxylic acids is 2. The molecule has 2 saturated heterocycles. The number of nitrogens with zero attached hydrogens (tertiary/aromatic N) is 2. The first kappa shape index (κ1) is 21.6. The van der Waals surface area contributed by atoms with Gasteiger partial charge < -0.3 is 14.1 Å². The maximum absolute atomic E-state index is 12.9. The van der Waals surface area contributed by atoms with Crippen LogP contribution >= 0.6 is 74.1 Å². The Morgan fingerprint density at radius 2 is 2.15 bits per heavy atom. The van der Waals surface area contributed by atoms with Crippen molar-refractivity contribution in [3.8, 4) is 0 Å². The number of furan rings is 1. The number of esters is 1. The van der Waals surface area contributed by atoms with Gasteiger partial charge in [-0.15, -0.1) is 11.8 Å². The summed E-state index contributed by atoms with van der Waals surface area (Å²) in [5, 5.41) is -0.417. The number of fused-ring (bicyclic) bond motifs is 1. The lowest BCUT2D eigenvalue weighted by Crippen LogP contribution is -2.70. The Morgan fingerprint density at radius 3 is 2.70 bits per heavy atom. The van der Waals surface area contributed by atoms with Gasteiger partial charge in [0.1, 0.15) is 18.0 Å². The molecular weight excluding hydrogens is 526 g/mol. The van der Waals surface area contributed by atoms with E-state index in [1.165, 1.54) is 22.9 Å². The number of carbonyl (C=O) groups is 2. The van der Waals surface area contributed by atoms with E-state index in [1.807, 2.05) is 13.8 Å². The summed E-state index contributed by atoms with van der Waals surface area (Å²) in [5.41, 5.74) is 0. The largest absolute Gasteiger partial charge is 0.462 e. The van der Waals surface area contributed by atoms with E-state index >= 15 is 0 Å². The van der Waals surface area contributed by atoms with Gasteiger partial charge in [0.25, 0.3) is 5.91 Å². The Bertz CT molecular complexity index is 798. The summed E-state index contributed by atoms with van der Waals surface area (Å²) in [6.45, 7) is 3.24. The van der Waals surface area contributed by atoms with Crippen LogP contribution in [0.1, 0.15) is 19.6 Å². The van der Waals surface area contributed by atoms with E-state index in [9.17, 15) is 9.59 Å². The Balaban J connectivity index is 1.83. The lowest BCUT2D eigenvalue weighted by Gasteiger charge is -2.47. The maximum Gasteiger partial charge on any atom is 0.330 e. The molecule has 1 amide bonds. The first-order valence-corrected chi connectivity index (χ1v) is 10.8. The third kappa shape index (κ3) is 3.98. The molecule has 2 fully saturated rings. The molecule has 12 heteroatoms. The van der Waals surface area contributed by atoms with E-state index in [0.29, 0.717) is 5.76 Å². The zero-order chi connectivity index (χ0) is 20.2. The van der Waals surface area contributed by atoms with Gasteiger partial charge in [-0.3, -0.25) is 4.79 Å². The molecule has 3 atom stereocenters. The van der Waals surface area contributed by atoms with Crippen molar-refractivity contribution >= 4 is 91.1 Å². The second kappa shape index (κ2) is 7.29. The van der Waals surface area contributed by atoms with Crippen LogP contribution in [0.4, 0.5) is 0 Å². The molecule has 3 rings (SSSR count). The molecule has 3 heterocycles. The highest BCUT2D eigenvalue weighted by Crippen LogP contribution is 2.58. The number of aliphatic imine (C=N–C) groups is 1. The normalized spacial score (nSPS) is 30.1. The van der Waals surface area contributed by atoms with Crippen LogP contribution in [0.3, 0.4) is 0 Å². The zero-order valence-corrected chi connectivity index (χ0v) is 19.3. The Kier molecular flexibility index (Phi) is 5.83. The number of rotatable bonds is 4. The highest BCUT2D eigenvalue weighted by molar-refractivity contribution is 9.10. The summed E-state index contributed by atoms with van der Waals surface area (Å²) in [6.07, 6.45) is 1.45. The third-order valence-corrected chi connectivity index (χ3v) is 7.53. The molecule has 0 bridgehead atoms. The predicted octanol–water partition coefficient (Wildman–Crippen LogP) is 4.33. The zero-order valence-electron chi connectivity index (χ0n) is 13.9. The van der Waals surface area contributed by atoms with Crippen molar-refractivity contribution < 1.29 is 18.7 Å². The van der Waals surface area contributed by atoms with Gasteiger partial charge in [0.15, 0.2) is 10.9 Å². The summed E-state index contributed by atoms with van der Waals surface area (Å²) in [6, 6.07) is 2.44. The lowest BCUT2D eigenvalue weighted by atomic mass is 9.96. The second-order valence-corrected chi connectivity index (χ2v) is 12.3. The van der Waals surface area contributed by atoms with Crippen LogP contribution in [0.2, 0.25) is 0 Å². The van der Waals surface area contributed by atoms with Gasteiger partial charge in [0.2, 0.25) is 8.24 Å². The van der Waals surface area contributed by atoms with Gasteiger partial charge in [0.05, 0.1) is 6.26 Å². The minimum absolute atomic E-state index is 0.0468. The molecule has 0 spiro atoms. The smallest absolute Gasteiger partial charge is 0.330 e. The summed E-state index contributed by atoms with van der Waals surface area (Å²) < 4.78 is 6.61.